The van der Waals surface area contributed by atoms with Crippen molar-refractivity contribution in [2.75, 3.05) is 23.9 Å². The summed E-state index contributed by atoms with van der Waals surface area (Å²) in [5.41, 5.74) is 5.29. The van der Waals surface area contributed by atoms with Crippen molar-refractivity contribution in [3.63, 3.8) is 0 Å². The van der Waals surface area contributed by atoms with Gasteiger partial charge in [0.2, 0.25) is 11.6 Å². The summed E-state index contributed by atoms with van der Waals surface area (Å²) in [5, 5.41) is 14.1. The SMILES string of the molecule is CSC1(CNc2ncnc(N)c2[N+](=O)[O-])CCCC1. The van der Waals surface area contributed by atoms with Crippen LogP contribution < -0.4 is 11.1 Å². The monoisotopic (exact) mass is 283 g/mol. The fourth-order valence-electron chi connectivity index (χ4n) is 2.42. The number of nitrogen functional groups attached to an aromatic ring is 1. The van der Waals surface area contributed by atoms with Gasteiger partial charge in [-0.3, -0.25) is 10.1 Å². The van der Waals surface area contributed by atoms with E-state index in [-0.39, 0.29) is 22.1 Å². The predicted octanol–water partition coefficient (Wildman–Crippen LogP) is 2.05. The van der Waals surface area contributed by atoms with Crippen LogP contribution in [-0.4, -0.2) is 32.4 Å². The van der Waals surface area contributed by atoms with Gasteiger partial charge in [0.05, 0.1) is 4.92 Å². The van der Waals surface area contributed by atoms with Crippen LogP contribution in [0.15, 0.2) is 6.33 Å². The predicted molar refractivity (Wildman–Crippen MR) is 76.3 cm³/mol. The summed E-state index contributed by atoms with van der Waals surface area (Å²) in [5.74, 6) is 0.102. The van der Waals surface area contributed by atoms with Gasteiger partial charge in [-0.15, -0.1) is 0 Å². The number of nitrogens with one attached hydrogen (secondary N) is 1. The molecule has 3 N–H and O–H groups in total. The van der Waals surface area contributed by atoms with E-state index in [1.807, 2.05) is 11.8 Å². The number of anilines is 2. The molecule has 0 aliphatic heterocycles. The third-order valence-corrected chi connectivity index (χ3v) is 4.98. The Morgan fingerprint density at radius 2 is 2.21 bits per heavy atom. The summed E-state index contributed by atoms with van der Waals surface area (Å²) in [6, 6.07) is 0. The topological polar surface area (TPSA) is 107 Å². The van der Waals surface area contributed by atoms with E-state index in [1.165, 1.54) is 19.2 Å². The molecule has 7 nitrogen and oxygen atoms in total. The van der Waals surface area contributed by atoms with Gasteiger partial charge in [-0.25, -0.2) is 9.97 Å². The smallest absolute Gasteiger partial charge is 0.352 e. The first-order chi connectivity index (χ1) is 9.08. The Morgan fingerprint density at radius 3 is 2.79 bits per heavy atom. The van der Waals surface area contributed by atoms with E-state index in [9.17, 15) is 10.1 Å². The van der Waals surface area contributed by atoms with Gasteiger partial charge >= 0.3 is 5.69 Å². The molecule has 0 spiro atoms. The second-order valence-electron chi connectivity index (χ2n) is 4.66. The molecule has 0 saturated heterocycles. The Kier molecular flexibility index (Phi) is 4.08. The minimum absolute atomic E-state index is 0.105. The van der Waals surface area contributed by atoms with Gasteiger partial charge in [0.25, 0.3) is 0 Å². The van der Waals surface area contributed by atoms with Gasteiger partial charge in [0.1, 0.15) is 6.33 Å². The molecule has 8 heteroatoms. The number of nitrogens with two attached hydrogens (primary N) is 1. The Balaban J connectivity index is 2.15. The van der Waals surface area contributed by atoms with Crippen molar-refractivity contribution in [1.29, 1.82) is 0 Å². The third-order valence-electron chi connectivity index (χ3n) is 3.56. The molecule has 1 fully saturated rings. The highest BCUT2D eigenvalue weighted by Gasteiger charge is 2.33. The second kappa shape index (κ2) is 5.60. The normalized spacial score (nSPS) is 17.3. The average molecular weight is 283 g/mol. The Hall–Kier alpha value is -1.57. The van der Waals surface area contributed by atoms with Crippen LogP contribution in [0.5, 0.6) is 0 Å². The molecule has 1 aromatic heterocycles. The van der Waals surface area contributed by atoms with Crippen LogP contribution in [-0.2, 0) is 0 Å². The average Bonchev–Trinajstić information content (AvgIpc) is 2.85. The minimum Gasteiger partial charge on any atom is -0.378 e. The first-order valence-electron chi connectivity index (χ1n) is 6.12. The molecule has 1 aromatic rings. The van der Waals surface area contributed by atoms with E-state index in [1.54, 1.807) is 0 Å². The van der Waals surface area contributed by atoms with Crippen molar-refractivity contribution in [2.24, 2.45) is 0 Å². The summed E-state index contributed by atoms with van der Waals surface area (Å²) in [6.07, 6.45) is 7.97. The number of hydrogen-bond donors (Lipinski definition) is 2. The summed E-state index contributed by atoms with van der Waals surface area (Å²) in [7, 11) is 0. The summed E-state index contributed by atoms with van der Waals surface area (Å²) in [4.78, 5) is 18.0. The highest BCUT2D eigenvalue weighted by atomic mass is 32.2. The van der Waals surface area contributed by atoms with E-state index in [4.69, 9.17) is 5.73 Å². The fourth-order valence-corrected chi connectivity index (χ4v) is 3.33. The third kappa shape index (κ3) is 2.89. The van der Waals surface area contributed by atoms with E-state index in [0.717, 1.165) is 12.8 Å². The Morgan fingerprint density at radius 1 is 1.53 bits per heavy atom. The summed E-state index contributed by atoms with van der Waals surface area (Å²) in [6.45, 7) is 0.658. The molecule has 1 aliphatic carbocycles. The van der Waals surface area contributed by atoms with Gasteiger partial charge in [0, 0.05) is 11.3 Å². The van der Waals surface area contributed by atoms with Crippen molar-refractivity contribution in [3.8, 4) is 0 Å². The van der Waals surface area contributed by atoms with Crippen molar-refractivity contribution >= 4 is 29.1 Å². The number of rotatable bonds is 5. The molecule has 0 aromatic carbocycles. The maximum absolute atomic E-state index is 11.0. The van der Waals surface area contributed by atoms with Crippen molar-refractivity contribution in [1.82, 2.24) is 9.97 Å². The van der Waals surface area contributed by atoms with Gasteiger partial charge in [-0.1, -0.05) is 12.8 Å². The molecule has 0 bridgehead atoms. The lowest BCUT2D eigenvalue weighted by atomic mass is 10.1. The number of nitro groups is 1. The highest BCUT2D eigenvalue weighted by Crippen LogP contribution is 2.40. The lowest BCUT2D eigenvalue weighted by Gasteiger charge is -2.27. The van der Waals surface area contributed by atoms with Crippen molar-refractivity contribution in [3.05, 3.63) is 16.4 Å². The molecule has 0 radical (unpaired) electrons. The fraction of sp³-hybridized carbons (Fsp3) is 0.636. The highest BCUT2D eigenvalue weighted by molar-refractivity contribution is 8.00. The van der Waals surface area contributed by atoms with Crippen molar-refractivity contribution < 1.29 is 4.92 Å². The van der Waals surface area contributed by atoms with E-state index in [0.29, 0.717) is 6.54 Å². The summed E-state index contributed by atoms with van der Waals surface area (Å²) >= 11 is 1.81. The maximum Gasteiger partial charge on any atom is 0.352 e. The molecular weight excluding hydrogens is 266 g/mol. The molecular formula is C11H17N5O2S. The molecule has 0 atom stereocenters. The first-order valence-corrected chi connectivity index (χ1v) is 7.34. The van der Waals surface area contributed by atoms with Gasteiger partial charge in [-0.2, -0.15) is 11.8 Å². The maximum atomic E-state index is 11.0. The van der Waals surface area contributed by atoms with Crippen LogP contribution >= 0.6 is 11.8 Å². The lowest BCUT2D eigenvalue weighted by molar-refractivity contribution is -0.383. The number of hydrogen-bond acceptors (Lipinski definition) is 7. The zero-order valence-corrected chi connectivity index (χ0v) is 11.6. The van der Waals surface area contributed by atoms with Gasteiger partial charge in [-0.05, 0) is 19.1 Å². The van der Waals surface area contributed by atoms with Crippen LogP contribution in [0.1, 0.15) is 25.7 Å². The van der Waals surface area contributed by atoms with E-state index >= 15 is 0 Å². The van der Waals surface area contributed by atoms with Gasteiger partial charge < -0.3 is 11.1 Å². The Bertz CT molecular complexity index is 476. The largest absolute Gasteiger partial charge is 0.378 e. The molecule has 19 heavy (non-hydrogen) atoms. The van der Waals surface area contributed by atoms with Gasteiger partial charge in [0.15, 0.2) is 0 Å². The number of aromatic nitrogens is 2. The molecule has 1 heterocycles. The van der Waals surface area contributed by atoms with Crippen LogP contribution in [0.3, 0.4) is 0 Å². The molecule has 0 unspecified atom stereocenters. The van der Waals surface area contributed by atoms with E-state index < -0.39 is 4.92 Å². The lowest BCUT2D eigenvalue weighted by Crippen LogP contribution is -2.30. The van der Waals surface area contributed by atoms with Crippen LogP contribution in [0.25, 0.3) is 0 Å². The second-order valence-corrected chi connectivity index (χ2v) is 5.94. The Labute approximate surface area is 115 Å². The van der Waals surface area contributed by atoms with Crippen molar-refractivity contribution in [2.45, 2.75) is 30.4 Å². The van der Waals surface area contributed by atoms with Crippen LogP contribution in [0, 0.1) is 10.1 Å². The number of thioether (sulfide) groups is 1. The minimum atomic E-state index is -0.544. The standard InChI is InChI=1S/C11H17N5O2S/c1-19-11(4-2-3-5-11)6-13-10-8(16(17)18)9(12)14-7-15-10/h7H,2-6H2,1H3,(H3,12,13,14,15). The first kappa shape index (κ1) is 13.9. The quantitative estimate of drug-likeness (QED) is 0.629. The molecule has 1 aliphatic rings. The summed E-state index contributed by atoms with van der Waals surface area (Å²) < 4.78 is 0.146. The zero-order chi connectivity index (χ0) is 13.9. The molecule has 0 amide bonds. The zero-order valence-electron chi connectivity index (χ0n) is 10.8. The van der Waals surface area contributed by atoms with Crippen LogP contribution in [0.2, 0.25) is 0 Å². The van der Waals surface area contributed by atoms with Crippen LogP contribution in [0.4, 0.5) is 17.3 Å². The number of nitrogens with zero attached hydrogens (tertiary/aromatic N) is 3. The molecule has 2 rings (SSSR count). The van der Waals surface area contributed by atoms with E-state index in [2.05, 4.69) is 21.5 Å². The molecule has 1 saturated carbocycles. The molecule has 104 valence electrons.